The number of carboxylic acids is 1. The van der Waals surface area contributed by atoms with E-state index in [0.717, 1.165) is 0 Å². The molecule has 0 radical (unpaired) electrons. The molecular formula is C16H25NO4. The zero-order chi connectivity index (χ0) is 16.1. The number of piperidine rings is 1. The number of ether oxygens (including phenoxy) is 1. The van der Waals surface area contributed by atoms with Gasteiger partial charge in [0.05, 0.1) is 5.41 Å². The second kappa shape index (κ2) is 6.84. The fourth-order valence-corrected chi connectivity index (χ4v) is 2.54. The first-order chi connectivity index (χ1) is 9.70. The Labute approximate surface area is 126 Å². The fraction of sp³-hybridized carbons (Fsp3) is 0.750. The van der Waals surface area contributed by atoms with Crippen LogP contribution in [-0.4, -0.2) is 40.8 Å². The molecule has 1 fully saturated rings. The van der Waals surface area contributed by atoms with Crippen LogP contribution in [0.25, 0.3) is 0 Å². The van der Waals surface area contributed by atoms with E-state index in [1.165, 1.54) is 0 Å². The predicted octanol–water partition coefficient (Wildman–Crippen LogP) is 2.89. The normalized spacial score (nSPS) is 17.9. The lowest BCUT2D eigenvalue weighted by molar-refractivity contribution is -0.152. The number of carbonyl (C=O) groups excluding carboxylic acids is 1. The first-order valence-electron chi connectivity index (χ1n) is 7.35. The maximum Gasteiger partial charge on any atom is 0.410 e. The van der Waals surface area contributed by atoms with Crippen LogP contribution in [0, 0.1) is 17.8 Å². The molecule has 1 N–H and O–H groups in total. The summed E-state index contributed by atoms with van der Waals surface area (Å²) in [5.41, 5.74) is -1.29. The molecule has 1 aliphatic rings. The highest BCUT2D eigenvalue weighted by atomic mass is 16.6. The van der Waals surface area contributed by atoms with Crippen molar-refractivity contribution in [3.8, 4) is 12.3 Å². The van der Waals surface area contributed by atoms with Gasteiger partial charge in [0.15, 0.2) is 0 Å². The molecule has 1 amide bonds. The molecule has 0 unspecified atom stereocenters. The number of rotatable bonds is 4. The molecule has 21 heavy (non-hydrogen) atoms. The van der Waals surface area contributed by atoms with Crippen molar-refractivity contribution in [1.82, 2.24) is 4.90 Å². The average Bonchev–Trinajstić information content (AvgIpc) is 2.37. The predicted molar refractivity (Wildman–Crippen MR) is 79.8 cm³/mol. The van der Waals surface area contributed by atoms with Crippen LogP contribution in [0.3, 0.4) is 0 Å². The maximum atomic E-state index is 12.0. The van der Waals surface area contributed by atoms with Crippen LogP contribution in [0.5, 0.6) is 0 Å². The van der Waals surface area contributed by atoms with Gasteiger partial charge in [-0.25, -0.2) is 4.79 Å². The average molecular weight is 295 g/mol. The van der Waals surface area contributed by atoms with E-state index in [-0.39, 0.29) is 6.09 Å². The highest BCUT2D eigenvalue weighted by Gasteiger charge is 2.42. The molecule has 0 aliphatic carbocycles. The molecule has 118 valence electrons. The van der Waals surface area contributed by atoms with Crippen LogP contribution in [0.1, 0.15) is 52.9 Å². The van der Waals surface area contributed by atoms with Crippen LogP contribution < -0.4 is 0 Å². The van der Waals surface area contributed by atoms with Gasteiger partial charge >= 0.3 is 12.1 Å². The van der Waals surface area contributed by atoms with Crippen molar-refractivity contribution in [1.29, 1.82) is 0 Å². The molecule has 0 aromatic rings. The quantitative estimate of drug-likeness (QED) is 0.639. The van der Waals surface area contributed by atoms with Gasteiger partial charge in [-0.05, 0) is 46.5 Å². The van der Waals surface area contributed by atoms with Gasteiger partial charge in [0.2, 0.25) is 0 Å². The summed E-state index contributed by atoms with van der Waals surface area (Å²) in [6.07, 6.45) is 7.60. The minimum absolute atomic E-state index is 0.370. The molecule has 0 aromatic heterocycles. The Bertz CT molecular complexity index is 423. The van der Waals surface area contributed by atoms with Crippen molar-refractivity contribution in [3.05, 3.63) is 0 Å². The van der Waals surface area contributed by atoms with Crippen LogP contribution >= 0.6 is 0 Å². The zero-order valence-corrected chi connectivity index (χ0v) is 13.1. The van der Waals surface area contributed by atoms with Gasteiger partial charge in [0.25, 0.3) is 0 Å². The topological polar surface area (TPSA) is 66.8 Å². The Morgan fingerprint density at radius 2 is 1.90 bits per heavy atom. The third-order valence-corrected chi connectivity index (χ3v) is 3.80. The summed E-state index contributed by atoms with van der Waals surface area (Å²) < 4.78 is 5.32. The number of nitrogens with zero attached hydrogens (tertiary/aromatic N) is 1. The molecule has 1 saturated heterocycles. The molecule has 0 aromatic carbocycles. The summed E-state index contributed by atoms with van der Waals surface area (Å²) in [6, 6.07) is 0. The molecule has 5 heteroatoms. The summed E-state index contributed by atoms with van der Waals surface area (Å²) in [7, 11) is 0. The van der Waals surface area contributed by atoms with E-state index in [0.29, 0.717) is 45.2 Å². The smallest absolute Gasteiger partial charge is 0.410 e. The first kappa shape index (κ1) is 17.4. The van der Waals surface area contributed by atoms with Crippen molar-refractivity contribution < 1.29 is 19.4 Å². The lowest BCUT2D eigenvalue weighted by atomic mass is 9.74. The fourth-order valence-electron chi connectivity index (χ4n) is 2.54. The summed E-state index contributed by atoms with van der Waals surface area (Å²) >= 11 is 0. The van der Waals surface area contributed by atoms with Gasteiger partial charge in [-0.2, -0.15) is 0 Å². The van der Waals surface area contributed by atoms with Gasteiger partial charge in [-0.15, -0.1) is 12.3 Å². The number of hydrogen-bond donors (Lipinski definition) is 1. The van der Waals surface area contributed by atoms with E-state index in [2.05, 4.69) is 5.92 Å². The number of likely N-dealkylation sites (tertiary alicyclic amines) is 1. The molecular weight excluding hydrogens is 270 g/mol. The Kier molecular flexibility index (Phi) is 5.65. The highest BCUT2D eigenvalue weighted by molar-refractivity contribution is 5.75. The largest absolute Gasteiger partial charge is 0.481 e. The second-order valence-electron chi connectivity index (χ2n) is 6.61. The van der Waals surface area contributed by atoms with Crippen LogP contribution in [0.4, 0.5) is 4.79 Å². The van der Waals surface area contributed by atoms with Gasteiger partial charge < -0.3 is 14.7 Å². The standard InChI is InChI=1S/C16H25NO4/c1-5-6-7-8-16(13(18)19)9-11-17(12-10-16)14(20)21-15(2,3)4/h1H,6-12H2,2-4H3,(H,18,19). The van der Waals surface area contributed by atoms with E-state index in [9.17, 15) is 14.7 Å². The van der Waals surface area contributed by atoms with E-state index in [1.807, 2.05) is 20.8 Å². The van der Waals surface area contributed by atoms with Gasteiger partial charge in [0, 0.05) is 19.5 Å². The number of hydrogen-bond acceptors (Lipinski definition) is 3. The molecule has 0 atom stereocenters. The van der Waals surface area contributed by atoms with Crippen molar-refractivity contribution in [2.24, 2.45) is 5.41 Å². The molecule has 1 aliphatic heterocycles. The minimum Gasteiger partial charge on any atom is -0.481 e. The van der Waals surface area contributed by atoms with Gasteiger partial charge in [0.1, 0.15) is 5.60 Å². The van der Waals surface area contributed by atoms with Crippen LogP contribution in [0.2, 0.25) is 0 Å². The number of terminal acetylenes is 1. The number of unbranched alkanes of at least 4 members (excludes halogenated alkanes) is 1. The molecule has 0 spiro atoms. The van der Waals surface area contributed by atoms with E-state index < -0.39 is 17.0 Å². The summed E-state index contributed by atoms with van der Waals surface area (Å²) in [5, 5.41) is 9.51. The van der Waals surface area contributed by atoms with E-state index in [1.54, 1.807) is 4.90 Å². The van der Waals surface area contributed by atoms with E-state index in [4.69, 9.17) is 11.2 Å². The SMILES string of the molecule is C#CCCCC1(C(=O)O)CCN(C(=O)OC(C)(C)C)CC1. The zero-order valence-electron chi connectivity index (χ0n) is 13.1. The molecule has 1 rings (SSSR count). The number of carboxylic acid groups (broad SMARTS) is 1. The number of amides is 1. The number of aliphatic carboxylic acids is 1. The summed E-state index contributed by atoms with van der Waals surface area (Å²) in [5.74, 6) is 1.75. The van der Waals surface area contributed by atoms with Gasteiger partial charge in [-0.3, -0.25) is 4.79 Å². The van der Waals surface area contributed by atoms with Crippen molar-refractivity contribution in [3.63, 3.8) is 0 Å². The Balaban J connectivity index is 2.60. The number of carbonyl (C=O) groups is 2. The van der Waals surface area contributed by atoms with Crippen molar-refractivity contribution in [2.45, 2.75) is 58.5 Å². The van der Waals surface area contributed by atoms with Gasteiger partial charge in [-0.1, -0.05) is 0 Å². The second-order valence-corrected chi connectivity index (χ2v) is 6.61. The van der Waals surface area contributed by atoms with Crippen LogP contribution in [-0.2, 0) is 9.53 Å². The maximum absolute atomic E-state index is 12.0. The van der Waals surface area contributed by atoms with Crippen molar-refractivity contribution in [2.75, 3.05) is 13.1 Å². The lowest BCUT2D eigenvalue weighted by Crippen LogP contribution is -2.47. The summed E-state index contributed by atoms with van der Waals surface area (Å²) in [4.78, 5) is 25.2. The first-order valence-corrected chi connectivity index (χ1v) is 7.35. The Morgan fingerprint density at radius 3 is 2.33 bits per heavy atom. The molecule has 0 saturated carbocycles. The highest BCUT2D eigenvalue weighted by Crippen LogP contribution is 2.37. The molecule has 0 bridgehead atoms. The minimum atomic E-state index is -0.789. The Hall–Kier alpha value is -1.70. The van der Waals surface area contributed by atoms with Crippen LogP contribution in [0.15, 0.2) is 0 Å². The van der Waals surface area contributed by atoms with E-state index >= 15 is 0 Å². The Morgan fingerprint density at radius 1 is 1.33 bits per heavy atom. The molecule has 5 nitrogen and oxygen atoms in total. The lowest BCUT2D eigenvalue weighted by Gasteiger charge is -2.39. The monoisotopic (exact) mass is 295 g/mol. The summed E-state index contributed by atoms with van der Waals surface area (Å²) in [6.45, 7) is 6.27. The molecule has 1 heterocycles. The third-order valence-electron chi connectivity index (χ3n) is 3.80. The third kappa shape index (κ3) is 4.96. The van der Waals surface area contributed by atoms with Crippen molar-refractivity contribution >= 4 is 12.1 Å².